The minimum absolute atomic E-state index is 0.332. The molecule has 0 aromatic heterocycles. The third-order valence-corrected chi connectivity index (χ3v) is 4.74. The summed E-state index contributed by atoms with van der Waals surface area (Å²) < 4.78 is 0. The second kappa shape index (κ2) is 6.03. The fraction of sp³-hybridized carbons (Fsp3) is 0.400. The van der Waals surface area contributed by atoms with Gasteiger partial charge in [-0.2, -0.15) is 0 Å². The zero-order valence-electron chi connectivity index (χ0n) is 13.3. The van der Waals surface area contributed by atoms with Crippen LogP contribution in [0, 0.1) is 5.92 Å². The summed E-state index contributed by atoms with van der Waals surface area (Å²) in [5.74, 6) is 0.649. The van der Waals surface area contributed by atoms with E-state index >= 15 is 0 Å². The van der Waals surface area contributed by atoms with Crippen LogP contribution in [-0.2, 0) is 6.42 Å². The number of nitrogens with one attached hydrogen (secondary N) is 1. The van der Waals surface area contributed by atoms with E-state index in [1.54, 1.807) is 0 Å². The molecule has 1 N–H and O–H groups in total. The van der Waals surface area contributed by atoms with Gasteiger partial charge in [-0.1, -0.05) is 69.3 Å². The predicted molar refractivity (Wildman–Crippen MR) is 89.6 cm³/mol. The van der Waals surface area contributed by atoms with Gasteiger partial charge in [0.25, 0.3) is 0 Å². The first-order chi connectivity index (χ1) is 10.2. The highest BCUT2D eigenvalue weighted by Gasteiger charge is 2.27. The first kappa shape index (κ1) is 14.3. The Hall–Kier alpha value is -1.60. The molecule has 110 valence electrons. The van der Waals surface area contributed by atoms with Crippen molar-refractivity contribution in [3.63, 3.8) is 0 Å². The number of hydrogen-bond donors (Lipinski definition) is 1. The standard InChI is InChI=1S/C20H25N/c1-4-19(14(2)3)21-20-17-11-7-5-9-15(17)13-16-10-6-8-12-18(16)20/h5-12,14,19-21H,4,13H2,1-3H3. The molecule has 1 aliphatic carbocycles. The van der Waals surface area contributed by atoms with E-state index in [2.05, 4.69) is 74.6 Å². The Labute approximate surface area is 128 Å². The lowest BCUT2D eigenvalue weighted by Gasteiger charge is -2.33. The Morgan fingerprint density at radius 3 is 1.95 bits per heavy atom. The molecule has 0 amide bonds. The Morgan fingerprint density at radius 1 is 0.952 bits per heavy atom. The Bertz CT molecular complexity index is 569. The molecule has 0 aliphatic heterocycles. The molecular formula is C20H25N. The third-order valence-electron chi connectivity index (χ3n) is 4.74. The van der Waals surface area contributed by atoms with Crippen LogP contribution in [0.2, 0.25) is 0 Å². The number of rotatable bonds is 4. The molecule has 0 radical (unpaired) electrons. The van der Waals surface area contributed by atoms with Gasteiger partial charge < -0.3 is 5.32 Å². The van der Waals surface area contributed by atoms with Gasteiger partial charge in [-0.05, 0) is 41.0 Å². The van der Waals surface area contributed by atoms with Crippen LogP contribution in [0.5, 0.6) is 0 Å². The van der Waals surface area contributed by atoms with Crippen LogP contribution in [0.4, 0.5) is 0 Å². The minimum Gasteiger partial charge on any atom is -0.303 e. The molecule has 1 heteroatoms. The summed E-state index contributed by atoms with van der Waals surface area (Å²) in [6.07, 6.45) is 2.22. The lowest BCUT2D eigenvalue weighted by Crippen LogP contribution is -2.38. The molecule has 0 bridgehead atoms. The summed E-state index contributed by atoms with van der Waals surface area (Å²) in [6.45, 7) is 6.89. The van der Waals surface area contributed by atoms with Gasteiger partial charge in [0.05, 0.1) is 6.04 Å². The van der Waals surface area contributed by atoms with Gasteiger partial charge in [0.2, 0.25) is 0 Å². The highest BCUT2D eigenvalue weighted by Crippen LogP contribution is 2.35. The average Bonchev–Trinajstić information content (AvgIpc) is 2.51. The molecule has 1 unspecified atom stereocenters. The fourth-order valence-electron chi connectivity index (χ4n) is 3.50. The average molecular weight is 279 g/mol. The molecule has 0 saturated heterocycles. The highest BCUT2D eigenvalue weighted by atomic mass is 15.0. The van der Waals surface area contributed by atoms with Crippen LogP contribution in [-0.4, -0.2) is 6.04 Å². The van der Waals surface area contributed by atoms with Gasteiger partial charge in [0.1, 0.15) is 0 Å². The van der Waals surface area contributed by atoms with E-state index in [0.29, 0.717) is 18.0 Å². The van der Waals surface area contributed by atoms with Crippen molar-refractivity contribution in [2.45, 2.75) is 45.7 Å². The van der Waals surface area contributed by atoms with Crippen LogP contribution in [0.1, 0.15) is 55.5 Å². The SMILES string of the molecule is CCC(NC1c2ccccc2Cc2ccccc21)C(C)C. The molecule has 2 aromatic rings. The van der Waals surface area contributed by atoms with Crippen molar-refractivity contribution >= 4 is 0 Å². The zero-order chi connectivity index (χ0) is 14.8. The number of fused-ring (bicyclic) bond motifs is 2. The van der Waals surface area contributed by atoms with Crippen molar-refractivity contribution < 1.29 is 0 Å². The first-order valence-electron chi connectivity index (χ1n) is 8.12. The summed E-state index contributed by atoms with van der Waals surface area (Å²) >= 11 is 0. The maximum absolute atomic E-state index is 3.92. The normalized spacial score (nSPS) is 15.6. The van der Waals surface area contributed by atoms with Gasteiger partial charge in [-0.3, -0.25) is 0 Å². The molecule has 0 spiro atoms. The second-order valence-electron chi connectivity index (χ2n) is 6.43. The summed E-state index contributed by atoms with van der Waals surface area (Å²) in [7, 11) is 0. The van der Waals surface area contributed by atoms with Crippen molar-refractivity contribution in [2.75, 3.05) is 0 Å². The van der Waals surface area contributed by atoms with Gasteiger partial charge in [-0.15, -0.1) is 0 Å². The summed E-state index contributed by atoms with van der Waals surface area (Å²) in [4.78, 5) is 0. The molecule has 2 aromatic carbocycles. The Kier molecular flexibility index (Phi) is 4.12. The maximum atomic E-state index is 3.92. The highest BCUT2D eigenvalue weighted by molar-refractivity contribution is 5.48. The minimum atomic E-state index is 0.332. The molecule has 0 heterocycles. The van der Waals surface area contributed by atoms with Crippen molar-refractivity contribution in [2.24, 2.45) is 5.92 Å². The summed E-state index contributed by atoms with van der Waals surface area (Å²) in [6, 6.07) is 18.6. The van der Waals surface area contributed by atoms with Crippen molar-refractivity contribution in [3.05, 3.63) is 70.8 Å². The van der Waals surface area contributed by atoms with E-state index in [1.807, 2.05) is 0 Å². The maximum Gasteiger partial charge on any atom is 0.0584 e. The summed E-state index contributed by atoms with van der Waals surface area (Å²) in [5.41, 5.74) is 5.84. The Balaban J connectivity index is 2.02. The van der Waals surface area contributed by atoms with Crippen molar-refractivity contribution in [1.82, 2.24) is 5.32 Å². The van der Waals surface area contributed by atoms with Crippen LogP contribution in [0.15, 0.2) is 48.5 Å². The molecule has 0 saturated carbocycles. The molecular weight excluding hydrogens is 254 g/mol. The van der Waals surface area contributed by atoms with E-state index in [9.17, 15) is 0 Å². The van der Waals surface area contributed by atoms with Crippen LogP contribution < -0.4 is 5.32 Å². The van der Waals surface area contributed by atoms with Crippen molar-refractivity contribution in [3.8, 4) is 0 Å². The molecule has 3 rings (SSSR count). The van der Waals surface area contributed by atoms with Crippen LogP contribution in [0.25, 0.3) is 0 Å². The molecule has 21 heavy (non-hydrogen) atoms. The zero-order valence-corrected chi connectivity index (χ0v) is 13.3. The third kappa shape index (κ3) is 2.75. The molecule has 1 atom stereocenters. The smallest absolute Gasteiger partial charge is 0.0584 e. The summed E-state index contributed by atoms with van der Waals surface area (Å²) in [5, 5.41) is 3.92. The van der Waals surface area contributed by atoms with Gasteiger partial charge in [0, 0.05) is 6.04 Å². The predicted octanol–water partition coefficient (Wildman–Crippen LogP) is 4.70. The largest absolute Gasteiger partial charge is 0.303 e. The van der Waals surface area contributed by atoms with Crippen LogP contribution >= 0.6 is 0 Å². The van der Waals surface area contributed by atoms with Crippen molar-refractivity contribution in [1.29, 1.82) is 0 Å². The second-order valence-corrected chi connectivity index (χ2v) is 6.43. The van der Waals surface area contributed by atoms with E-state index in [1.165, 1.54) is 28.7 Å². The topological polar surface area (TPSA) is 12.0 Å². The fourth-order valence-corrected chi connectivity index (χ4v) is 3.50. The number of benzene rings is 2. The lowest BCUT2D eigenvalue weighted by molar-refractivity contribution is 0.362. The van der Waals surface area contributed by atoms with Gasteiger partial charge in [-0.25, -0.2) is 0 Å². The van der Waals surface area contributed by atoms with Gasteiger partial charge in [0.15, 0.2) is 0 Å². The molecule has 1 nitrogen and oxygen atoms in total. The van der Waals surface area contributed by atoms with E-state index in [0.717, 1.165) is 6.42 Å². The monoisotopic (exact) mass is 279 g/mol. The van der Waals surface area contributed by atoms with E-state index in [4.69, 9.17) is 0 Å². The first-order valence-corrected chi connectivity index (χ1v) is 8.12. The van der Waals surface area contributed by atoms with Gasteiger partial charge >= 0.3 is 0 Å². The number of hydrogen-bond acceptors (Lipinski definition) is 1. The lowest BCUT2D eigenvalue weighted by atomic mass is 9.81. The quantitative estimate of drug-likeness (QED) is 0.855. The molecule has 1 aliphatic rings. The Morgan fingerprint density at radius 2 is 1.48 bits per heavy atom. The van der Waals surface area contributed by atoms with Crippen LogP contribution in [0.3, 0.4) is 0 Å². The van der Waals surface area contributed by atoms with E-state index in [-0.39, 0.29) is 0 Å². The van der Waals surface area contributed by atoms with E-state index < -0.39 is 0 Å². The molecule has 0 fully saturated rings.